The molecule has 0 aromatic heterocycles. The monoisotopic (exact) mass is 454 g/mol. The van der Waals surface area contributed by atoms with E-state index in [4.69, 9.17) is 11.6 Å². The minimum Gasteiger partial charge on any atom is -0.373 e. The normalized spacial score (nSPS) is 15.5. The Kier molecular flexibility index (Phi) is 7.73. The van der Waals surface area contributed by atoms with E-state index in [9.17, 15) is 13.2 Å². The summed E-state index contributed by atoms with van der Waals surface area (Å²) in [6, 6.07) is 12.2. The van der Waals surface area contributed by atoms with Gasteiger partial charge in [-0.25, -0.2) is 0 Å². The SMILES string of the molecule is CN(C)CCN(C)c1ccc(C(F)(F)F)c(CN2CCN(c3ccc(Cl)cc3)CC2)c1. The van der Waals surface area contributed by atoms with E-state index in [1.165, 1.54) is 6.07 Å². The lowest BCUT2D eigenvalue weighted by molar-refractivity contribution is -0.138. The van der Waals surface area contributed by atoms with Gasteiger partial charge < -0.3 is 14.7 Å². The van der Waals surface area contributed by atoms with Crippen molar-refractivity contribution in [3.8, 4) is 0 Å². The molecule has 0 atom stereocenters. The van der Waals surface area contributed by atoms with Gasteiger partial charge in [0.2, 0.25) is 0 Å². The van der Waals surface area contributed by atoms with Crippen LogP contribution in [0.25, 0.3) is 0 Å². The molecule has 1 aliphatic heterocycles. The number of rotatable bonds is 7. The van der Waals surface area contributed by atoms with Gasteiger partial charge in [0.15, 0.2) is 0 Å². The smallest absolute Gasteiger partial charge is 0.373 e. The van der Waals surface area contributed by atoms with E-state index in [0.29, 0.717) is 30.2 Å². The van der Waals surface area contributed by atoms with Crippen molar-refractivity contribution >= 4 is 23.0 Å². The number of alkyl halides is 3. The molecule has 1 aliphatic rings. The van der Waals surface area contributed by atoms with Crippen LogP contribution in [0.1, 0.15) is 11.1 Å². The third-order valence-electron chi connectivity index (χ3n) is 5.68. The summed E-state index contributed by atoms with van der Waals surface area (Å²) in [6.07, 6.45) is -4.36. The van der Waals surface area contributed by atoms with Crippen LogP contribution in [0.5, 0.6) is 0 Å². The quantitative estimate of drug-likeness (QED) is 0.602. The van der Waals surface area contributed by atoms with Crippen molar-refractivity contribution in [3.63, 3.8) is 0 Å². The fourth-order valence-corrected chi connectivity index (χ4v) is 3.89. The molecule has 1 fully saturated rings. The summed E-state index contributed by atoms with van der Waals surface area (Å²) in [4.78, 5) is 8.40. The Hall–Kier alpha value is -1.96. The summed E-state index contributed by atoms with van der Waals surface area (Å²) in [7, 11) is 5.88. The number of benzene rings is 2. The van der Waals surface area contributed by atoms with Gasteiger partial charge in [-0.05, 0) is 62.1 Å². The van der Waals surface area contributed by atoms with Crippen LogP contribution in [0.2, 0.25) is 5.02 Å². The maximum atomic E-state index is 13.6. The Balaban J connectivity index is 1.70. The summed E-state index contributed by atoms with van der Waals surface area (Å²) in [6.45, 7) is 4.83. The van der Waals surface area contributed by atoms with Crippen molar-refractivity contribution in [2.75, 3.05) is 70.2 Å². The van der Waals surface area contributed by atoms with Crippen LogP contribution >= 0.6 is 11.6 Å². The molecular weight excluding hydrogens is 425 g/mol. The van der Waals surface area contributed by atoms with Gasteiger partial charge in [0.05, 0.1) is 5.56 Å². The average molecular weight is 455 g/mol. The second-order valence-corrected chi connectivity index (χ2v) is 8.74. The molecule has 170 valence electrons. The first-order chi connectivity index (χ1) is 14.6. The predicted octanol–water partition coefficient (Wildman–Crippen LogP) is 4.68. The molecular formula is C23H30ClF3N4. The van der Waals surface area contributed by atoms with Gasteiger partial charge in [-0.15, -0.1) is 0 Å². The van der Waals surface area contributed by atoms with Crippen LogP contribution in [0, 0.1) is 0 Å². The molecule has 1 heterocycles. The molecule has 31 heavy (non-hydrogen) atoms. The Morgan fingerprint density at radius 2 is 1.55 bits per heavy atom. The molecule has 0 aliphatic carbocycles. The lowest BCUT2D eigenvalue weighted by Crippen LogP contribution is -2.46. The third-order valence-corrected chi connectivity index (χ3v) is 5.93. The molecule has 0 radical (unpaired) electrons. The molecule has 0 unspecified atom stereocenters. The zero-order valence-electron chi connectivity index (χ0n) is 18.3. The van der Waals surface area contributed by atoms with Crippen LogP contribution in [-0.4, -0.2) is 70.2 Å². The zero-order chi connectivity index (χ0) is 22.6. The van der Waals surface area contributed by atoms with E-state index in [1.54, 1.807) is 12.1 Å². The highest BCUT2D eigenvalue weighted by Gasteiger charge is 2.34. The number of anilines is 2. The molecule has 0 N–H and O–H groups in total. The number of halogens is 4. The van der Waals surface area contributed by atoms with E-state index in [2.05, 4.69) is 14.7 Å². The maximum Gasteiger partial charge on any atom is 0.416 e. The lowest BCUT2D eigenvalue weighted by Gasteiger charge is -2.36. The van der Waals surface area contributed by atoms with Gasteiger partial charge in [-0.2, -0.15) is 13.2 Å². The highest BCUT2D eigenvalue weighted by Crippen LogP contribution is 2.35. The molecule has 0 saturated carbocycles. The van der Waals surface area contributed by atoms with Crippen LogP contribution in [0.4, 0.5) is 24.5 Å². The van der Waals surface area contributed by atoms with Gasteiger partial charge in [0.25, 0.3) is 0 Å². The lowest BCUT2D eigenvalue weighted by atomic mass is 10.0. The molecule has 3 rings (SSSR count). The van der Waals surface area contributed by atoms with Gasteiger partial charge in [0, 0.05) is 69.3 Å². The Labute approximate surface area is 187 Å². The fourth-order valence-electron chi connectivity index (χ4n) is 3.76. The van der Waals surface area contributed by atoms with Crippen LogP contribution in [0.15, 0.2) is 42.5 Å². The van der Waals surface area contributed by atoms with E-state index in [-0.39, 0.29) is 0 Å². The van der Waals surface area contributed by atoms with Crippen LogP contribution in [-0.2, 0) is 12.7 Å². The Morgan fingerprint density at radius 1 is 0.903 bits per heavy atom. The summed E-state index contributed by atoms with van der Waals surface area (Å²) < 4.78 is 40.9. The largest absolute Gasteiger partial charge is 0.416 e. The molecule has 8 heteroatoms. The Bertz CT molecular complexity index is 847. The van der Waals surface area contributed by atoms with Crippen molar-refractivity contribution in [2.24, 2.45) is 0 Å². The standard InChI is InChI=1S/C23H30ClF3N4/c1-28(2)10-11-29(3)21-8-9-22(23(25,26)27)18(16-21)17-30-12-14-31(15-13-30)20-6-4-19(24)5-7-20/h4-9,16H,10-15,17H2,1-3H3. The van der Waals surface area contributed by atoms with Crippen molar-refractivity contribution in [1.82, 2.24) is 9.80 Å². The predicted molar refractivity (Wildman–Crippen MR) is 122 cm³/mol. The highest BCUT2D eigenvalue weighted by atomic mass is 35.5. The van der Waals surface area contributed by atoms with Crippen molar-refractivity contribution < 1.29 is 13.2 Å². The van der Waals surface area contributed by atoms with Gasteiger partial charge in [0.1, 0.15) is 0 Å². The number of likely N-dealkylation sites (N-methyl/N-ethyl adjacent to an activating group) is 2. The van der Waals surface area contributed by atoms with Gasteiger partial charge in [-0.3, -0.25) is 4.90 Å². The van der Waals surface area contributed by atoms with Gasteiger partial charge in [-0.1, -0.05) is 11.6 Å². The van der Waals surface area contributed by atoms with E-state index < -0.39 is 11.7 Å². The zero-order valence-corrected chi connectivity index (χ0v) is 19.0. The van der Waals surface area contributed by atoms with Crippen molar-refractivity contribution in [3.05, 3.63) is 58.6 Å². The Morgan fingerprint density at radius 3 is 2.13 bits per heavy atom. The van der Waals surface area contributed by atoms with Gasteiger partial charge >= 0.3 is 6.18 Å². The highest BCUT2D eigenvalue weighted by molar-refractivity contribution is 6.30. The number of nitrogens with zero attached hydrogens (tertiary/aromatic N) is 4. The number of hydrogen-bond acceptors (Lipinski definition) is 4. The first-order valence-electron chi connectivity index (χ1n) is 10.4. The molecule has 0 spiro atoms. The minimum atomic E-state index is -4.36. The summed E-state index contributed by atoms with van der Waals surface area (Å²) in [5.41, 5.74) is 1.69. The third kappa shape index (κ3) is 6.51. The minimum absolute atomic E-state index is 0.290. The average Bonchev–Trinajstić information content (AvgIpc) is 2.72. The number of piperazine rings is 1. The van der Waals surface area contributed by atoms with Crippen molar-refractivity contribution in [2.45, 2.75) is 12.7 Å². The topological polar surface area (TPSA) is 13.0 Å². The first kappa shape index (κ1) is 23.7. The molecule has 2 aromatic rings. The fraction of sp³-hybridized carbons (Fsp3) is 0.478. The van der Waals surface area contributed by atoms with E-state index >= 15 is 0 Å². The van der Waals surface area contributed by atoms with E-state index in [0.717, 1.165) is 37.6 Å². The maximum absolute atomic E-state index is 13.6. The second kappa shape index (κ2) is 10.1. The molecule has 1 saturated heterocycles. The van der Waals surface area contributed by atoms with Crippen LogP contribution < -0.4 is 9.80 Å². The summed E-state index contributed by atoms with van der Waals surface area (Å²) in [5, 5.41) is 0.692. The summed E-state index contributed by atoms with van der Waals surface area (Å²) in [5.74, 6) is 0. The molecule has 4 nitrogen and oxygen atoms in total. The molecule has 2 aromatic carbocycles. The molecule has 0 amide bonds. The number of hydrogen-bond donors (Lipinski definition) is 0. The van der Waals surface area contributed by atoms with Crippen molar-refractivity contribution in [1.29, 1.82) is 0 Å². The van der Waals surface area contributed by atoms with Crippen LogP contribution in [0.3, 0.4) is 0 Å². The first-order valence-corrected chi connectivity index (χ1v) is 10.8. The second-order valence-electron chi connectivity index (χ2n) is 8.30. The molecule has 0 bridgehead atoms. The van der Waals surface area contributed by atoms with E-state index in [1.807, 2.05) is 50.3 Å². The summed E-state index contributed by atoms with van der Waals surface area (Å²) >= 11 is 5.96.